The maximum atomic E-state index is 12.6. The Bertz CT molecular complexity index is 916. The van der Waals surface area contributed by atoms with E-state index in [9.17, 15) is 9.59 Å². The fraction of sp³-hybridized carbons (Fsp3) is 0.364. The molecule has 1 aromatic heterocycles. The standard InChI is InChI=1S/C22H24N4O3/c1-16(17-7-3-2-4-8-17)14-24-20(27)19-13-22(29-25-19)10-12-26(15-22)21(28)18-9-5-6-11-23-18/h2-9,11,16H,10,12-15H2,1H3,(H,24,27). The quantitative estimate of drug-likeness (QED) is 0.847. The predicted octanol–water partition coefficient (Wildman–Crippen LogP) is 2.36. The van der Waals surface area contributed by atoms with Crippen molar-refractivity contribution >= 4 is 17.5 Å². The van der Waals surface area contributed by atoms with E-state index >= 15 is 0 Å². The van der Waals surface area contributed by atoms with Gasteiger partial charge in [-0.2, -0.15) is 0 Å². The van der Waals surface area contributed by atoms with Crippen molar-refractivity contribution in [1.82, 2.24) is 15.2 Å². The van der Waals surface area contributed by atoms with Crippen molar-refractivity contribution in [3.63, 3.8) is 0 Å². The highest BCUT2D eigenvalue weighted by molar-refractivity contribution is 6.39. The van der Waals surface area contributed by atoms with Crippen molar-refractivity contribution in [2.75, 3.05) is 19.6 Å². The van der Waals surface area contributed by atoms with Crippen LogP contribution in [0.5, 0.6) is 0 Å². The van der Waals surface area contributed by atoms with Gasteiger partial charge in [0.15, 0.2) is 5.60 Å². The highest BCUT2D eigenvalue weighted by Crippen LogP contribution is 2.34. The summed E-state index contributed by atoms with van der Waals surface area (Å²) in [6, 6.07) is 15.3. The Morgan fingerprint density at radius 2 is 2.00 bits per heavy atom. The number of nitrogens with one attached hydrogen (secondary N) is 1. The van der Waals surface area contributed by atoms with E-state index in [1.807, 2.05) is 30.3 Å². The molecule has 2 atom stereocenters. The SMILES string of the molecule is CC(CNC(=O)C1=NOC2(CCN(C(=O)c3ccccn3)C2)C1)c1ccccc1. The highest BCUT2D eigenvalue weighted by Gasteiger charge is 2.48. The Morgan fingerprint density at radius 3 is 2.76 bits per heavy atom. The number of nitrogens with zero attached hydrogens (tertiary/aromatic N) is 3. The van der Waals surface area contributed by atoms with Gasteiger partial charge in [-0.05, 0) is 23.6 Å². The lowest BCUT2D eigenvalue weighted by atomic mass is 9.96. The second-order valence-corrected chi connectivity index (χ2v) is 7.70. The van der Waals surface area contributed by atoms with E-state index in [0.717, 1.165) is 0 Å². The Kier molecular flexibility index (Phi) is 5.29. The zero-order valence-electron chi connectivity index (χ0n) is 16.4. The molecule has 2 unspecified atom stereocenters. The molecule has 1 fully saturated rings. The van der Waals surface area contributed by atoms with Gasteiger partial charge in [-0.3, -0.25) is 14.6 Å². The zero-order chi connectivity index (χ0) is 20.3. The molecule has 2 aromatic rings. The molecule has 0 aliphatic carbocycles. The molecule has 7 nitrogen and oxygen atoms in total. The molecule has 1 N–H and O–H groups in total. The number of amides is 2. The van der Waals surface area contributed by atoms with Crippen molar-refractivity contribution < 1.29 is 14.4 Å². The molecule has 3 heterocycles. The van der Waals surface area contributed by atoms with E-state index in [1.54, 1.807) is 29.3 Å². The van der Waals surface area contributed by atoms with E-state index in [2.05, 4.69) is 22.4 Å². The van der Waals surface area contributed by atoms with Gasteiger partial charge in [0, 0.05) is 32.1 Å². The van der Waals surface area contributed by atoms with Crippen LogP contribution >= 0.6 is 0 Å². The van der Waals surface area contributed by atoms with Gasteiger partial charge < -0.3 is 15.1 Å². The van der Waals surface area contributed by atoms with E-state index in [4.69, 9.17) is 4.84 Å². The van der Waals surface area contributed by atoms with Crippen LogP contribution in [0.3, 0.4) is 0 Å². The predicted molar refractivity (Wildman–Crippen MR) is 108 cm³/mol. The summed E-state index contributed by atoms with van der Waals surface area (Å²) in [7, 11) is 0. The molecule has 0 bridgehead atoms. The summed E-state index contributed by atoms with van der Waals surface area (Å²) in [5.74, 6) is -0.130. The van der Waals surface area contributed by atoms with Crippen molar-refractivity contribution in [3.05, 3.63) is 66.0 Å². The zero-order valence-corrected chi connectivity index (χ0v) is 16.4. The fourth-order valence-electron chi connectivity index (χ4n) is 3.78. The molecule has 4 rings (SSSR count). The van der Waals surface area contributed by atoms with Gasteiger partial charge in [0.1, 0.15) is 11.4 Å². The minimum absolute atomic E-state index is 0.124. The lowest BCUT2D eigenvalue weighted by molar-refractivity contribution is -0.115. The molecule has 0 radical (unpaired) electrons. The first-order valence-electron chi connectivity index (χ1n) is 9.85. The van der Waals surface area contributed by atoms with E-state index in [0.29, 0.717) is 43.9 Å². The molecular weight excluding hydrogens is 368 g/mol. The molecule has 150 valence electrons. The normalized spacial score (nSPS) is 21.6. The van der Waals surface area contributed by atoms with Crippen LogP contribution < -0.4 is 5.32 Å². The van der Waals surface area contributed by atoms with Crippen LogP contribution in [0.15, 0.2) is 59.9 Å². The van der Waals surface area contributed by atoms with Gasteiger partial charge in [0.05, 0.1) is 6.54 Å². The van der Waals surface area contributed by atoms with Crippen LogP contribution in [0, 0.1) is 0 Å². The number of hydrogen-bond donors (Lipinski definition) is 1. The third-order valence-corrected chi connectivity index (χ3v) is 5.53. The summed E-state index contributed by atoms with van der Waals surface area (Å²) in [6.07, 6.45) is 2.66. The monoisotopic (exact) mass is 392 g/mol. The second-order valence-electron chi connectivity index (χ2n) is 7.70. The van der Waals surface area contributed by atoms with Gasteiger partial charge in [0.2, 0.25) is 0 Å². The number of aromatic nitrogens is 1. The number of rotatable bonds is 5. The smallest absolute Gasteiger partial charge is 0.272 e. The van der Waals surface area contributed by atoms with Gasteiger partial charge in [-0.25, -0.2) is 0 Å². The Balaban J connectivity index is 1.30. The third-order valence-electron chi connectivity index (χ3n) is 5.53. The second kappa shape index (κ2) is 8.03. The Hall–Kier alpha value is -3.22. The molecule has 0 saturated carbocycles. The van der Waals surface area contributed by atoms with Crippen molar-refractivity contribution in [3.8, 4) is 0 Å². The first-order chi connectivity index (χ1) is 14.1. The lowest BCUT2D eigenvalue weighted by Gasteiger charge is -2.21. The van der Waals surface area contributed by atoms with Crippen LogP contribution in [0.4, 0.5) is 0 Å². The topological polar surface area (TPSA) is 83.9 Å². The van der Waals surface area contributed by atoms with Crippen LogP contribution in [-0.4, -0.2) is 52.6 Å². The molecule has 1 aromatic carbocycles. The number of likely N-dealkylation sites (tertiary alicyclic amines) is 1. The lowest BCUT2D eigenvalue weighted by Crippen LogP contribution is -2.39. The van der Waals surface area contributed by atoms with E-state index in [1.165, 1.54) is 5.56 Å². The number of oxime groups is 1. The first-order valence-corrected chi connectivity index (χ1v) is 9.85. The Morgan fingerprint density at radius 1 is 1.21 bits per heavy atom. The van der Waals surface area contributed by atoms with Gasteiger partial charge >= 0.3 is 0 Å². The average molecular weight is 392 g/mol. The molecular formula is C22H24N4O3. The van der Waals surface area contributed by atoms with Crippen LogP contribution in [0.25, 0.3) is 0 Å². The van der Waals surface area contributed by atoms with Crippen LogP contribution in [0.1, 0.15) is 41.7 Å². The molecule has 2 aliphatic rings. The fourth-order valence-corrected chi connectivity index (χ4v) is 3.78. The largest absolute Gasteiger partial charge is 0.386 e. The van der Waals surface area contributed by atoms with Crippen LogP contribution in [0.2, 0.25) is 0 Å². The maximum Gasteiger partial charge on any atom is 0.272 e. The van der Waals surface area contributed by atoms with E-state index in [-0.39, 0.29) is 17.7 Å². The highest BCUT2D eigenvalue weighted by atomic mass is 16.7. The van der Waals surface area contributed by atoms with E-state index < -0.39 is 5.60 Å². The van der Waals surface area contributed by atoms with Crippen molar-refractivity contribution in [2.24, 2.45) is 5.16 Å². The minimum atomic E-state index is -0.609. The summed E-state index contributed by atoms with van der Waals surface area (Å²) in [6.45, 7) is 3.56. The maximum absolute atomic E-state index is 12.6. The molecule has 29 heavy (non-hydrogen) atoms. The molecule has 1 spiro atoms. The van der Waals surface area contributed by atoms with Crippen molar-refractivity contribution in [1.29, 1.82) is 0 Å². The molecule has 1 saturated heterocycles. The number of carbonyl (C=O) groups excluding carboxylic acids is 2. The van der Waals surface area contributed by atoms with Gasteiger partial charge in [-0.1, -0.05) is 48.5 Å². The third kappa shape index (κ3) is 4.13. The van der Waals surface area contributed by atoms with Gasteiger partial charge in [-0.15, -0.1) is 0 Å². The number of carbonyl (C=O) groups is 2. The van der Waals surface area contributed by atoms with Crippen LogP contribution in [-0.2, 0) is 9.63 Å². The summed E-state index contributed by atoms with van der Waals surface area (Å²) in [4.78, 5) is 36.6. The van der Waals surface area contributed by atoms with Gasteiger partial charge in [0.25, 0.3) is 11.8 Å². The molecule has 2 amide bonds. The number of pyridine rings is 1. The van der Waals surface area contributed by atoms with Crippen molar-refractivity contribution in [2.45, 2.75) is 31.3 Å². The summed E-state index contributed by atoms with van der Waals surface area (Å²) < 4.78 is 0. The number of benzene rings is 1. The average Bonchev–Trinajstić information content (AvgIpc) is 3.39. The summed E-state index contributed by atoms with van der Waals surface area (Å²) in [5.41, 5.74) is 1.37. The first kappa shape index (κ1) is 19.1. The summed E-state index contributed by atoms with van der Waals surface area (Å²) >= 11 is 0. The summed E-state index contributed by atoms with van der Waals surface area (Å²) in [5, 5.41) is 6.99. The minimum Gasteiger partial charge on any atom is -0.386 e. The molecule has 2 aliphatic heterocycles. The number of hydrogen-bond acceptors (Lipinski definition) is 5. The molecule has 7 heteroatoms. The Labute approximate surface area is 169 Å².